The maximum Gasteiger partial charge on any atom is 0.254 e. The van der Waals surface area contributed by atoms with Crippen LogP contribution in [0.15, 0.2) is 18.2 Å². The molecule has 0 saturated heterocycles. The number of hydrogen-bond acceptors (Lipinski definition) is 2. The van der Waals surface area contributed by atoms with E-state index < -0.39 is 5.82 Å². The average molecular weight is 269 g/mol. The topological polar surface area (TPSA) is 44.1 Å². The molecule has 3 nitrogen and oxygen atoms in total. The van der Waals surface area contributed by atoms with Crippen LogP contribution in [-0.2, 0) is 0 Å². The molecule has 18 heavy (non-hydrogen) atoms. The predicted molar refractivity (Wildman–Crippen MR) is 67.8 cm³/mol. The quantitative estimate of drug-likeness (QED) is 0.841. The van der Waals surface area contributed by atoms with Gasteiger partial charge >= 0.3 is 0 Å². The number of carbonyl (C=O) groups is 1. The van der Waals surface area contributed by atoms with Crippen molar-refractivity contribution in [3.05, 3.63) is 34.6 Å². The minimum Gasteiger partial charge on any atom is -0.335 e. The van der Waals surface area contributed by atoms with Crippen LogP contribution in [0.25, 0.3) is 0 Å². The van der Waals surface area contributed by atoms with Gasteiger partial charge in [0.25, 0.3) is 5.91 Å². The minimum atomic E-state index is -0.619. The number of hydrogen-bond donors (Lipinski definition) is 0. The summed E-state index contributed by atoms with van der Waals surface area (Å²) in [6.45, 7) is 4.03. The summed E-state index contributed by atoms with van der Waals surface area (Å²) in [4.78, 5) is 13.7. The number of benzene rings is 1. The fourth-order valence-corrected chi connectivity index (χ4v) is 1.68. The van der Waals surface area contributed by atoms with Crippen molar-refractivity contribution < 1.29 is 9.18 Å². The Morgan fingerprint density at radius 1 is 1.56 bits per heavy atom. The largest absolute Gasteiger partial charge is 0.335 e. The normalized spacial score (nSPS) is 10.2. The molecule has 0 bridgehead atoms. The molecule has 0 aliphatic carbocycles. The highest BCUT2D eigenvalue weighted by molar-refractivity contribution is 6.30. The lowest BCUT2D eigenvalue weighted by molar-refractivity contribution is 0.0709. The zero-order valence-electron chi connectivity index (χ0n) is 10.3. The molecule has 0 aliphatic rings. The second kappa shape index (κ2) is 6.36. The van der Waals surface area contributed by atoms with E-state index in [1.807, 2.05) is 19.9 Å². The van der Waals surface area contributed by atoms with Gasteiger partial charge in [-0.3, -0.25) is 4.79 Å². The number of nitrogens with zero attached hydrogens (tertiary/aromatic N) is 2. The van der Waals surface area contributed by atoms with Gasteiger partial charge in [-0.2, -0.15) is 5.26 Å². The zero-order chi connectivity index (χ0) is 13.7. The average Bonchev–Trinajstić information content (AvgIpc) is 2.32. The molecule has 0 saturated carbocycles. The van der Waals surface area contributed by atoms with Gasteiger partial charge in [-0.15, -0.1) is 0 Å². The molecule has 5 heteroatoms. The van der Waals surface area contributed by atoms with Crippen LogP contribution in [0.1, 0.15) is 30.6 Å². The van der Waals surface area contributed by atoms with Gasteiger partial charge in [-0.1, -0.05) is 11.6 Å². The van der Waals surface area contributed by atoms with E-state index >= 15 is 0 Å². The maximum atomic E-state index is 13.3. The molecule has 1 amide bonds. The Morgan fingerprint density at radius 3 is 2.72 bits per heavy atom. The molecule has 1 aromatic rings. The lowest BCUT2D eigenvalue weighted by Gasteiger charge is -2.25. The van der Waals surface area contributed by atoms with Gasteiger partial charge in [0.05, 0.1) is 17.5 Å². The summed E-state index contributed by atoms with van der Waals surface area (Å²) in [7, 11) is 0. The van der Waals surface area contributed by atoms with E-state index in [1.54, 1.807) is 0 Å². The molecule has 0 radical (unpaired) electrons. The number of rotatable bonds is 4. The van der Waals surface area contributed by atoms with E-state index in [1.165, 1.54) is 17.0 Å². The van der Waals surface area contributed by atoms with E-state index in [9.17, 15) is 9.18 Å². The molecular weight excluding hydrogens is 255 g/mol. The third kappa shape index (κ3) is 3.44. The molecule has 1 aromatic carbocycles. The van der Waals surface area contributed by atoms with Crippen molar-refractivity contribution in [3.63, 3.8) is 0 Å². The van der Waals surface area contributed by atoms with E-state index in [2.05, 4.69) is 0 Å². The molecule has 0 N–H and O–H groups in total. The van der Waals surface area contributed by atoms with Crippen molar-refractivity contribution in [1.82, 2.24) is 4.90 Å². The molecule has 0 fully saturated rings. The first-order chi connectivity index (χ1) is 8.47. The number of amides is 1. The third-order valence-electron chi connectivity index (χ3n) is 2.52. The number of halogens is 2. The van der Waals surface area contributed by atoms with Crippen LogP contribution in [0.2, 0.25) is 5.02 Å². The van der Waals surface area contributed by atoms with Gasteiger partial charge in [-0.25, -0.2) is 4.39 Å². The van der Waals surface area contributed by atoms with Crippen LogP contribution < -0.4 is 0 Å². The van der Waals surface area contributed by atoms with Gasteiger partial charge in [-0.05, 0) is 32.0 Å². The first-order valence-corrected chi connectivity index (χ1v) is 5.98. The lowest BCUT2D eigenvalue weighted by Crippen LogP contribution is -2.37. The van der Waals surface area contributed by atoms with Crippen molar-refractivity contribution in [1.29, 1.82) is 5.26 Å². The van der Waals surface area contributed by atoms with Crippen molar-refractivity contribution in [2.24, 2.45) is 0 Å². The summed E-state index contributed by atoms with van der Waals surface area (Å²) in [5, 5.41) is 8.55. The van der Waals surface area contributed by atoms with Crippen molar-refractivity contribution in [3.8, 4) is 6.07 Å². The number of nitriles is 1. The Kier molecular flexibility index (Phi) is 5.11. The van der Waals surface area contributed by atoms with Gasteiger partial charge in [0.2, 0.25) is 0 Å². The Morgan fingerprint density at radius 2 is 2.22 bits per heavy atom. The molecular formula is C13H14ClFN2O. The molecule has 0 aliphatic heterocycles. The second-order valence-electron chi connectivity index (χ2n) is 4.13. The Bertz CT molecular complexity index is 482. The van der Waals surface area contributed by atoms with Crippen LogP contribution >= 0.6 is 11.6 Å². The molecule has 0 aromatic heterocycles. The monoisotopic (exact) mass is 268 g/mol. The molecule has 0 atom stereocenters. The van der Waals surface area contributed by atoms with Crippen molar-refractivity contribution in [2.75, 3.05) is 6.54 Å². The summed E-state index contributed by atoms with van der Waals surface area (Å²) in [5.74, 6) is -0.915. The van der Waals surface area contributed by atoms with Crippen LogP contribution in [0.5, 0.6) is 0 Å². The van der Waals surface area contributed by atoms with Crippen LogP contribution in [0.4, 0.5) is 4.39 Å². The molecule has 1 rings (SSSR count). The van der Waals surface area contributed by atoms with Crippen molar-refractivity contribution >= 4 is 17.5 Å². The van der Waals surface area contributed by atoms with Crippen LogP contribution in [-0.4, -0.2) is 23.4 Å². The zero-order valence-corrected chi connectivity index (χ0v) is 11.0. The number of carbonyl (C=O) groups excluding carboxylic acids is 1. The SMILES string of the molecule is CC(C)N(CCC#N)C(=O)c1ccc(Cl)c(F)c1. The molecule has 0 unspecified atom stereocenters. The highest BCUT2D eigenvalue weighted by atomic mass is 35.5. The van der Waals surface area contributed by atoms with E-state index in [-0.39, 0.29) is 29.0 Å². The third-order valence-corrected chi connectivity index (χ3v) is 2.82. The van der Waals surface area contributed by atoms with Gasteiger partial charge in [0.15, 0.2) is 0 Å². The molecule has 0 heterocycles. The highest BCUT2D eigenvalue weighted by Crippen LogP contribution is 2.17. The fraction of sp³-hybridized carbons (Fsp3) is 0.385. The fourth-order valence-electron chi connectivity index (χ4n) is 1.56. The maximum absolute atomic E-state index is 13.3. The first kappa shape index (κ1) is 14.5. The summed E-state index contributed by atoms with van der Waals surface area (Å²) >= 11 is 5.57. The Hall–Kier alpha value is -1.60. The van der Waals surface area contributed by atoms with E-state index in [0.29, 0.717) is 6.54 Å². The Balaban J connectivity index is 2.95. The standard InChI is InChI=1S/C13H14ClFN2O/c1-9(2)17(7-3-6-16)13(18)10-4-5-11(14)12(15)8-10/h4-5,8-9H,3,7H2,1-2H3. The van der Waals surface area contributed by atoms with Crippen LogP contribution in [0, 0.1) is 17.1 Å². The highest BCUT2D eigenvalue weighted by Gasteiger charge is 2.19. The predicted octanol–water partition coefficient (Wildman–Crippen LogP) is 3.24. The minimum absolute atomic E-state index is 0.0142. The summed E-state index contributed by atoms with van der Waals surface area (Å²) in [6, 6.07) is 5.89. The first-order valence-electron chi connectivity index (χ1n) is 5.60. The van der Waals surface area contributed by atoms with Gasteiger partial charge in [0, 0.05) is 18.2 Å². The van der Waals surface area contributed by atoms with Crippen LogP contribution in [0.3, 0.4) is 0 Å². The van der Waals surface area contributed by atoms with Crippen molar-refractivity contribution in [2.45, 2.75) is 26.3 Å². The van der Waals surface area contributed by atoms with E-state index in [0.717, 1.165) is 6.07 Å². The lowest BCUT2D eigenvalue weighted by atomic mass is 10.1. The molecule has 0 spiro atoms. The van der Waals surface area contributed by atoms with E-state index in [4.69, 9.17) is 16.9 Å². The summed E-state index contributed by atoms with van der Waals surface area (Å²) in [6.07, 6.45) is 0.250. The second-order valence-corrected chi connectivity index (χ2v) is 4.54. The summed E-state index contributed by atoms with van der Waals surface area (Å²) in [5.41, 5.74) is 0.239. The summed E-state index contributed by atoms with van der Waals surface area (Å²) < 4.78 is 13.3. The van der Waals surface area contributed by atoms with Gasteiger partial charge < -0.3 is 4.90 Å². The smallest absolute Gasteiger partial charge is 0.254 e. The Labute approximate surface area is 111 Å². The van der Waals surface area contributed by atoms with Gasteiger partial charge in [0.1, 0.15) is 5.82 Å². The molecule has 96 valence electrons.